The normalized spacial score (nSPS) is 20.4. The average molecular weight is 299 g/mol. The molecule has 1 aromatic rings. The number of rotatable bonds is 3. The molecular weight excluding hydrogens is 275 g/mol. The van der Waals surface area contributed by atoms with Gasteiger partial charge in [0.2, 0.25) is 0 Å². The van der Waals surface area contributed by atoms with Gasteiger partial charge in [-0.1, -0.05) is 25.8 Å². The van der Waals surface area contributed by atoms with Crippen LogP contribution in [-0.4, -0.2) is 13.1 Å². The Labute approximate surface area is 125 Å². The van der Waals surface area contributed by atoms with Crippen molar-refractivity contribution in [2.75, 3.05) is 18.0 Å². The van der Waals surface area contributed by atoms with Gasteiger partial charge in [0.1, 0.15) is 0 Å². The molecule has 1 nitrogen and oxygen atoms in total. The van der Waals surface area contributed by atoms with Crippen LogP contribution in [-0.2, 0) is 6.18 Å². The third kappa shape index (κ3) is 4.14. The predicted molar refractivity (Wildman–Crippen MR) is 80.6 cm³/mol. The minimum Gasteiger partial charge on any atom is -0.372 e. The lowest BCUT2D eigenvalue weighted by Crippen LogP contribution is -2.24. The molecule has 1 atom stereocenters. The molecule has 0 N–H and O–H groups in total. The molecule has 118 valence electrons. The summed E-state index contributed by atoms with van der Waals surface area (Å²) in [6, 6.07) is 4.73. The van der Waals surface area contributed by atoms with Gasteiger partial charge in [0, 0.05) is 18.8 Å². The molecule has 2 rings (SSSR count). The molecule has 21 heavy (non-hydrogen) atoms. The van der Waals surface area contributed by atoms with Crippen LogP contribution >= 0.6 is 0 Å². The van der Waals surface area contributed by atoms with Crippen molar-refractivity contribution >= 4 is 5.69 Å². The van der Waals surface area contributed by atoms with Crippen molar-refractivity contribution in [3.05, 3.63) is 29.3 Å². The van der Waals surface area contributed by atoms with Crippen LogP contribution in [0.15, 0.2) is 18.2 Å². The SMILES string of the molecule is CCCC1CCCN(c2ccc(C)c(C(F)(F)F)c2)CC1. The maximum absolute atomic E-state index is 13.0. The first-order valence-corrected chi connectivity index (χ1v) is 7.84. The monoisotopic (exact) mass is 299 g/mol. The third-order valence-electron chi connectivity index (χ3n) is 4.44. The second-order valence-electron chi connectivity index (χ2n) is 6.07. The molecule has 1 aromatic carbocycles. The van der Waals surface area contributed by atoms with E-state index in [9.17, 15) is 13.2 Å². The van der Waals surface area contributed by atoms with Crippen molar-refractivity contribution < 1.29 is 13.2 Å². The first-order chi connectivity index (χ1) is 9.91. The summed E-state index contributed by atoms with van der Waals surface area (Å²) in [4.78, 5) is 2.12. The largest absolute Gasteiger partial charge is 0.416 e. The molecule has 0 aromatic heterocycles. The molecule has 1 saturated heterocycles. The first kappa shape index (κ1) is 16.2. The molecule has 4 heteroatoms. The highest BCUT2D eigenvalue weighted by atomic mass is 19.4. The standard InChI is InChI=1S/C17H24F3N/c1-3-5-14-6-4-10-21(11-9-14)15-8-7-13(2)16(12-15)17(18,19)20/h7-8,12,14H,3-6,9-11H2,1-2H3. The first-order valence-electron chi connectivity index (χ1n) is 7.84. The zero-order valence-corrected chi connectivity index (χ0v) is 12.8. The Morgan fingerprint density at radius 1 is 1.19 bits per heavy atom. The van der Waals surface area contributed by atoms with Gasteiger partial charge < -0.3 is 4.90 Å². The lowest BCUT2D eigenvalue weighted by molar-refractivity contribution is -0.138. The van der Waals surface area contributed by atoms with E-state index in [0.29, 0.717) is 11.3 Å². The number of hydrogen-bond donors (Lipinski definition) is 0. The van der Waals surface area contributed by atoms with Crippen molar-refractivity contribution in [3.8, 4) is 0 Å². The van der Waals surface area contributed by atoms with Crippen LogP contribution in [0, 0.1) is 12.8 Å². The van der Waals surface area contributed by atoms with Crippen molar-refractivity contribution in [1.29, 1.82) is 0 Å². The number of alkyl halides is 3. The van der Waals surface area contributed by atoms with E-state index in [1.54, 1.807) is 6.07 Å². The van der Waals surface area contributed by atoms with Gasteiger partial charge in [-0.25, -0.2) is 0 Å². The van der Waals surface area contributed by atoms with Crippen LogP contribution in [0.5, 0.6) is 0 Å². The van der Waals surface area contributed by atoms with Crippen molar-refractivity contribution in [3.63, 3.8) is 0 Å². The van der Waals surface area contributed by atoms with Gasteiger partial charge in [-0.2, -0.15) is 13.2 Å². The summed E-state index contributed by atoms with van der Waals surface area (Å²) >= 11 is 0. The highest BCUT2D eigenvalue weighted by molar-refractivity contribution is 5.51. The molecule has 0 spiro atoms. The fraction of sp³-hybridized carbons (Fsp3) is 0.647. The number of aryl methyl sites for hydroxylation is 1. The van der Waals surface area contributed by atoms with Gasteiger partial charge in [0.25, 0.3) is 0 Å². The second kappa shape index (κ2) is 6.71. The van der Waals surface area contributed by atoms with E-state index in [-0.39, 0.29) is 0 Å². The van der Waals surface area contributed by atoms with E-state index < -0.39 is 11.7 Å². The van der Waals surface area contributed by atoms with E-state index in [0.717, 1.165) is 31.8 Å². The van der Waals surface area contributed by atoms with Gasteiger partial charge in [-0.05, 0) is 49.8 Å². The number of anilines is 1. The molecule has 0 radical (unpaired) electrons. The second-order valence-corrected chi connectivity index (χ2v) is 6.07. The average Bonchev–Trinajstić information content (AvgIpc) is 2.64. The molecule has 0 saturated carbocycles. The molecule has 1 aliphatic heterocycles. The Hall–Kier alpha value is -1.19. The quantitative estimate of drug-likeness (QED) is 0.720. The van der Waals surface area contributed by atoms with E-state index in [1.165, 1.54) is 32.3 Å². The van der Waals surface area contributed by atoms with Crippen LogP contribution in [0.1, 0.15) is 50.2 Å². The molecule has 0 amide bonds. The highest BCUT2D eigenvalue weighted by Crippen LogP contribution is 2.35. The van der Waals surface area contributed by atoms with Crippen LogP contribution in [0.25, 0.3) is 0 Å². The summed E-state index contributed by atoms with van der Waals surface area (Å²) in [5.74, 6) is 0.729. The molecule has 0 aliphatic carbocycles. The zero-order valence-electron chi connectivity index (χ0n) is 12.8. The Kier molecular flexibility index (Phi) is 5.17. The van der Waals surface area contributed by atoms with Gasteiger partial charge in [0.05, 0.1) is 5.56 Å². The van der Waals surface area contributed by atoms with Gasteiger partial charge in [-0.15, -0.1) is 0 Å². The zero-order chi connectivity index (χ0) is 15.5. The smallest absolute Gasteiger partial charge is 0.372 e. The van der Waals surface area contributed by atoms with Crippen LogP contribution in [0.2, 0.25) is 0 Å². The molecule has 1 heterocycles. The Morgan fingerprint density at radius 2 is 1.95 bits per heavy atom. The number of nitrogens with zero attached hydrogens (tertiary/aromatic N) is 1. The van der Waals surface area contributed by atoms with E-state index >= 15 is 0 Å². The predicted octanol–water partition coefficient (Wildman–Crippen LogP) is 5.42. The van der Waals surface area contributed by atoms with Gasteiger partial charge >= 0.3 is 6.18 Å². The van der Waals surface area contributed by atoms with Gasteiger partial charge in [0.15, 0.2) is 0 Å². The number of benzene rings is 1. The van der Waals surface area contributed by atoms with E-state index in [2.05, 4.69) is 11.8 Å². The van der Waals surface area contributed by atoms with Crippen LogP contribution in [0.3, 0.4) is 0 Å². The summed E-state index contributed by atoms with van der Waals surface area (Å²) in [5.41, 5.74) is 0.504. The molecule has 1 fully saturated rings. The Balaban J connectivity index is 2.15. The topological polar surface area (TPSA) is 3.24 Å². The summed E-state index contributed by atoms with van der Waals surface area (Å²) in [6.07, 6.45) is 1.50. The maximum atomic E-state index is 13.0. The molecule has 0 bridgehead atoms. The van der Waals surface area contributed by atoms with Crippen LogP contribution < -0.4 is 4.90 Å². The number of hydrogen-bond acceptors (Lipinski definition) is 1. The third-order valence-corrected chi connectivity index (χ3v) is 4.44. The minimum atomic E-state index is -4.27. The Bertz CT molecular complexity index is 468. The Morgan fingerprint density at radius 3 is 2.62 bits per heavy atom. The summed E-state index contributed by atoms with van der Waals surface area (Å²) < 4.78 is 39.1. The highest BCUT2D eigenvalue weighted by Gasteiger charge is 2.33. The van der Waals surface area contributed by atoms with Crippen LogP contribution in [0.4, 0.5) is 18.9 Å². The fourth-order valence-corrected chi connectivity index (χ4v) is 3.23. The lowest BCUT2D eigenvalue weighted by Gasteiger charge is -2.24. The van der Waals surface area contributed by atoms with Crippen molar-refractivity contribution in [2.45, 2.75) is 52.1 Å². The molecular formula is C17H24F3N. The minimum absolute atomic E-state index is 0.296. The molecule has 1 unspecified atom stereocenters. The number of halogens is 3. The van der Waals surface area contributed by atoms with Gasteiger partial charge in [-0.3, -0.25) is 0 Å². The van der Waals surface area contributed by atoms with E-state index in [1.807, 2.05) is 6.07 Å². The van der Waals surface area contributed by atoms with Crippen molar-refractivity contribution in [2.24, 2.45) is 5.92 Å². The summed E-state index contributed by atoms with van der Waals surface area (Å²) in [6.45, 7) is 5.44. The maximum Gasteiger partial charge on any atom is 0.416 e. The summed E-state index contributed by atoms with van der Waals surface area (Å²) in [5, 5.41) is 0. The fourth-order valence-electron chi connectivity index (χ4n) is 3.23. The summed E-state index contributed by atoms with van der Waals surface area (Å²) in [7, 11) is 0. The lowest BCUT2D eigenvalue weighted by atomic mass is 9.96. The van der Waals surface area contributed by atoms with Crippen molar-refractivity contribution in [1.82, 2.24) is 0 Å². The van der Waals surface area contributed by atoms with E-state index in [4.69, 9.17) is 0 Å². The molecule has 1 aliphatic rings.